The van der Waals surface area contributed by atoms with Crippen LogP contribution < -0.4 is 16.0 Å². The van der Waals surface area contributed by atoms with Crippen LogP contribution in [0.5, 0.6) is 0 Å². The second kappa shape index (κ2) is 9.26. The number of allylic oxidation sites excluding steroid dienone is 1. The van der Waals surface area contributed by atoms with Gasteiger partial charge in [0.1, 0.15) is 12.4 Å². The van der Waals surface area contributed by atoms with Crippen molar-refractivity contribution < 1.29 is 24.5 Å². The van der Waals surface area contributed by atoms with Crippen molar-refractivity contribution in [3.8, 4) is 0 Å². The molecule has 1 heterocycles. The van der Waals surface area contributed by atoms with E-state index in [2.05, 4.69) is 16.0 Å². The number of amidine groups is 1. The standard InChI is InChI=1S/C18H24N4O5/c1-3-10(2)17(25)21-12-6-4-11(5-7-12)16(19)22-18(26)27-9-13-15(24)14(23)8-20-13/h3-7,13-15,20,23-24H,8-9H2,1-2H3,(H,21,25)(H2,19,22,26)/b10-3+/t13-,14+,15-/m1/s1. The summed E-state index contributed by atoms with van der Waals surface area (Å²) in [6.45, 7) is 3.57. The molecule has 2 rings (SSSR count). The smallest absolute Gasteiger partial charge is 0.412 e. The Kier molecular flexibility index (Phi) is 7.05. The molecule has 1 fully saturated rings. The summed E-state index contributed by atoms with van der Waals surface area (Å²) in [5.41, 5.74) is 1.59. The van der Waals surface area contributed by atoms with Gasteiger partial charge in [-0.3, -0.25) is 15.5 Å². The molecular weight excluding hydrogens is 352 g/mol. The van der Waals surface area contributed by atoms with Gasteiger partial charge in [0.2, 0.25) is 0 Å². The number of nitrogens with one attached hydrogen (secondary N) is 4. The molecule has 0 aliphatic carbocycles. The number of amides is 2. The lowest BCUT2D eigenvalue weighted by Gasteiger charge is -2.16. The number of carbonyl (C=O) groups excluding carboxylic acids is 2. The number of ether oxygens (including phenoxy) is 1. The van der Waals surface area contributed by atoms with Crippen LogP contribution in [0.25, 0.3) is 0 Å². The van der Waals surface area contributed by atoms with Crippen molar-refractivity contribution in [1.29, 1.82) is 5.41 Å². The molecule has 0 unspecified atom stereocenters. The molecular formula is C18H24N4O5. The lowest BCUT2D eigenvalue weighted by atomic mass is 10.1. The van der Waals surface area contributed by atoms with E-state index in [4.69, 9.17) is 10.1 Å². The summed E-state index contributed by atoms with van der Waals surface area (Å²) in [6.07, 6.45) is -1.03. The summed E-state index contributed by atoms with van der Waals surface area (Å²) < 4.78 is 4.96. The van der Waals surface area contributed by atoms with Gasteiger partial charge < -0.3 is 25.6 Å². The number of hydrogen-bond acceptors (Lipinski definition) is 7. The van der Waals surface area contributed by atoms with Gasteiger partial charge in [-0.05, 0) is 38.1 Å². The van der Waals surface area contributed by atoms with Crippen molar-refractivity contribution in [3.63, 3.8) is 0 Å². The van der Waals surface area contributed by atoms with E-state index < -0.39 is 24.3 Å². The fourth-order valence-electron chi connectivity index (χ4n) is 2.40. The van der Waals surface area contributed by atoms with Crippen LogP contribution in [-0.2, 0) is 9.53 Å². The van der Waals surface area contributed by atoms with Crippen LogP contribution in [0.1, 0.15) is 19.4 Å². The first kappa shape index (κ1) is 20.6. The second-order valence-electron chi connectivity index (χ2n) is 6.17. The Balaban J connectivity index is 1.83. The normalized spacial score (nSPS) is 22.2. The van der Waals surface area contributed by atoms with E-state index in [9.17, 15) is 19.8 Å². The Bertz CT molecular complexity index is 732. The molecule has 1 saturated heterocycles. The molecule has 0 spiro atoms. The van der Waals surface area contributed by atoms with Gasteiger partial charge in [-0.1, -0.05) is 6.08 Å². The largest absolute Gasteiger partial charge is 0.448 e. The summed E-state index contributed by atoms with van der Waals surface area (Å²) in [6, 6.07) is 5.86. The minimum Gasteiger partial charge on any atom is -0.448 e. The molecule has 0 aromatic heterocycles. The lowest BCUT2D eigenvalue weighted by molar-refractivity contribution is -0.112. The van der Waals surface area contributed by atoms with Gasteiger partial charge in [-0.15, -0.1) is 0 Å². The average Bonchev–Trinajstić information content (AvgIpc) is 2.98. The van der Waals surface area contributed by atoms with E-state index in [1.807, 2.05) is 0 Å². The molecule has 0 radical (unpaired) electrons. The van der Waals surface area contributed by atoms with Crippen molar-refractivity contribution in [2.75, 3.05) is 18.5 Å². The number of benzene rings is 1. The van der Waals surface area contributed by atoms with Crippen molar-refractivity contribution >= 4 is 23.5 Å². The molecule has 1 aliphatic heterocycles. The number of alkyl carbamates (subject to hydrolysis) is 1. The zero-order chi connectivity index (χ0) is 20.0. The van der Waals surface area contributed by atoms with Crippen LogP contribution in [0, 0.1) is 5.41 Å². The van der Waals surface area contributed by atoms with E-state index in [-0.39, 0.29) is 24.9 Å². The molecule has 0 bridgehead atoms. The predicted octanol–water partition coefficient (Wildman–Crippen LogP) is 0.336. The van der Waals surface area contributed by atoms with Gasteiger partial charge in [0.05, 0.1) is 18.2 Å². The minimum absolute atomic E-state index is 0.132. The van der Waals surface area contributed by atoms with Gasteiger partial charge in [0.25, 0.3) is 5.91 Å². The number of β-amino-alcohol motifs (C(OH)–C–C–N with tert-alkyl or cyclic N) is 1. The van der Waals surface area contributed by atoms with E-state index in [1.54, 1.807) is 44.2 Å². The highest BCUT2D eigenvalue weighted by molar-refractivity contribution is 6.06. The predicted molar refractivity (Wildman–Crippen MR) is 99.6 cm³/mol. The summed E-state index contributed by atoms with van der Waals surface area (Å²) in [4.78, 5) is 23.6. The third-order valence-electron chi connectivity index (χ3n) is 4.24. The molecule has 9 nitrogen and oxygen atoms in total. The quantitative estimate of drug-likeness (QED) is 0.248. The molecule has 9 heteroatoms. The first-order valence-corrected chi connectivity index (χ1v) is 8.48. The highest BCUT2D eigenvalue weighted by Gasteiger charge is 2.33. The van der Waals surface area contributed by atoms with Gasteiger partial charge in [0, 0.05) is 23.4 Å². The first-order valence-electron chi connectivity index (χ1n) is 8.48. The van der Waals surface area contributed by atoms with Crippen LogP contribution in [0.15, 0.2) is 35.9 Å². The van der Waals surface area contributed by atoms with Crippen LogP contribution >= 0.6 is 0 Å². The number of carbonyl (C=O) groups is 2. The fraction of sp³-hybridized carbons (Fsp3) is 0.389. The van der Waals surface area contributed by atoms with Crippen molar-refractivity contribution in [1.82, 2.24) is 10.6 Å². The SMILES string of the molecule is C/C=C(\C)C(=O)Nc1ccc(C(=N)NC(=O)OC[C@H]2NC[C@H](O)[C@@H]2O)cc1. The third kappa shape index (κ3) is 5.61. The molecule has 6 N–H and O–H groups in total. The Morgan fingerprint density at radius 2 is 2.00 bits per heavy atom. The molecule has 146 valence electrons. The molecule has 1 aromatic carbocycles. The number of rotatable bonds is 5. The summed E-state index contributed by atoms with van der Waals surface area (Å²) >= 11 is 0. The molecule has 27 heavy (non-hydrogen) atoms. The summed E-state index contributed by atoms with van der Waals surface area (Å²) in [5.74, 6) is -0.377. The molecule has 3 atom stereocenters. The summed E-state index contributed by atoms with van der Waals surface area (Å²) in [7, 11) is 0. The molecule has 0 saturated carbocycles. The van der Waals surface area contributed by atoms with Crippen molar-refractivity contribution in [2.45, 2.75) is 32.1 Å². The highest BCUT2D eigenvalue weighted by atomic mass is 16.5. The average molecular weight is 376 g/mol. The first-order chi connectivity index (χ1) is 12.8. The maximum atomic E-state index is 11.8. The Hall–Kier alpha value is -2.75. The van der Waals surface area contributed by atoms with Crippen LogP contribution in [0.4, 0.5) is 10.5 Å². The van der Waals surface area contributed by atoms with Gasteiger partial charge in [-0.25, -0.2) is 4.79 Å². The Morgan fingerprint density at radius 3 is 2.56 bits per heavy atom. The van der Waals surface area contributed by atoms with E-state index >= 15 is 0 Å². The topological polar surface area (TPSA) is 144 Å². The summed E-state index contributed by atoms with van der Waals surface area (Å²) in [5, 5.41) is 34.8. The van der Waals surface area contributed by atoms with Crippen molar-refractivity contribution in [3.05, 3.63) is 41.5 Å². The zero-order valence-corrected chi connectivity index (χ0v) is 15.2. The monoisotopic (exact) mass is 376 g/mol. The van der Waals surface area contributed by atoms with Crippen LogP contribution in [0.3, 0.4) is 0 Å². The highest BCUT2D eigenvalue weighted by Crippen LogP contribution is 2.11. The van der Waals surface area contributed by atoms with Crippen LogP contribution in [0.2, 0.25) is 0 Å². The molecule has 1 aliphatic rings. The zero-order valence-electron chi connectivity index (χ0n) is 15.2. The number of aliphatic hydroxyl groups is 2. The Labute approximate surface area is 156 Å². The fourth-order valence-corrected chi connectivity index (χ4v) is 2.40. The van der Waals surface area contributed by atoms with E-state index in [0.717, 1.165) is 0 Å². The molecule has 1 aromatic rings. The van der Waals surface area contributed by atoms with Gasteiger partial charge in [-0.2, -0.15) is 0 Å². The number of aliphatic hydroxyl groups excluding tert-OH is 2. The van der Waals surface area contributed by atoms with E-state index in [1.165, 1.54) is 0 Å². The lowest BCUT2D eigenvalue weighted by Crippen LogP contribution is -2.40. The maximum Gasteiger partial charge on any atom is 0.412 e. The van der Waals surface area contributed by atoms with Crippen molar-refractivity contribution in [2.24, 2.45) is 0 Å². The van der Waals surface area contributed by atoms with Gasteiger partial charge in [0.15, 0.2) is 0 Å². The third-order valence-corrected chi connectivity index (χ3v) is 4.24. The number of anilines is 1. The number of hydrogen-bond donors (Lipinski definition) is 6. The van der Waals surface area contributed by atoms with Crippen LogP contribution in [-0.4, -0.2) is 59.5 Å². The van der Waals surface area contributed by atoms with E-state index in [0.29, 0.717) is 16.8 Å². The Morgan fingerprint density at radius 1 is 1.33 bits per heavy atom. The molecule has 2 amide bonds. The van der Waals surface area contributed by atoms with Gasteiger partial charge >= 0.3 is 6.09 Å². The maximum absolute atomic E-state index is 11.8. The minimum atomic E-state index is -1.01. The second-order valence-corrected chi connectivity index (χ2v) is 6.17.